The van der Waals surface area contributed by atoms with Crippen LogP contribution in [0, 0.1) is 0 Å². The molecule has 2 aromatic carbocycles. The van der Waals surface area contributed by atoms with Crippen molar-refractivity contribution in [2.45, 2.75) is 6.54 Å². The van der Waals surface area contributed by atoms with Crippen molar-refractivity contribution in [3.8, 4) is 11.5 Å². The summed E-state index contributed by atoms with van der Waals surface area (Å²) in [5, 5.41) is 0. The van der Waals surface area contributed by atoms with E-state index in [0.29, 0.717) is 6.61 Å². The maximum Gasteiger partial charge on any atom is 0.119 e. The van der Waals surface area contributed by atoms with Crippen molar-refractivity contribution in [3.63, 3.8) is 0 Å². The van der Waals surface area contributed by atoms with Crippen LogP contribution >= 0.6 is 0 Å². The molecule has 0 heterocycles. The van der Waals surface area contributed by atoms with Gasteiger partial charge in [-0.15, -0.1) is 0 Å². The molecule has 0 fully saturated rings. The number of nitrogens with zero attached hydrogens (tertiary/aromatic N) is 1. The first kappa shape index (κ1) is 15.2. The molecule has 0 aliphatic rings. The Morgan fingerprint density at radius 1 is 1.05 bits per heavy atom. The predicted octanol–water partition coefficient (Wildman–Crippen LogP) is 2.79. The number of methoxy groups -OCH3 is 1. The van der Waals surface area contributed by atoms with Gasteiger partial charge >= 0.3 is 0 Å². The van der Waals surface area contributed by atoms with Crippen LogP contribution in [0.3, 0.4) is 0 Å². The quantitative estimate of drug-likeness (QED) is 0.795. The van der Waals surface area contributed by atoms with Crippen molar-refractivity contribution in [1.82, 2.24) is 4.90 Å². The lowest BCUT2D eigenvalue weighted by atomic mass is 10.2. The normalized spacial score (nSPS) is 10.6. The molecule has 0 aromatic heterocycles. The fourth-order valence-electron chi connectivity index (χ4n) is 2.07. The Balaban J connectivity index is 1.74. The van der Waals surface area contributed by atoms with Gasteiger partial charge in [0, 0.05) is 18.8 Å². The van der Waals surface area contributed by atoms with Gasteiger partial charge in [0.25, 0.3) is 0 Å². The number of anilines is 1. The Hall–Kier alpha value is -2.20. The summed E-state index contributed by atoms with van der Waals surface area (Å²) in [6.45, 7) is 2.35. The third kappa shape index (κ3) is 5.00. The number of nitrogens with two attached hydrogens (primary N) is 1. The van der Waals surface area contributed by atoms with E-state index in [0.717, 1.165) is 30.3 Å². The molecule has 4 nitrogen and oxygen atoms in total. The molecule has 0 amide bonds. The Morgan fingerprint density at radius 2 is 1.76 bits per heavy atom. The summed E-state index contributed by atoms with van der Waals surface area (Å²) in [6, 6.07) is 15.6. The fourth-order valence-corrected chi connectivity index (χ4v) is 2.07. The van der Waals surface area contributed by atoms with Gasteiger partial charge in [-0.2, -0.15) is 0 Å². The van der Waals surface area contributed by atoms with Crippen LogP contribution in [0.4, 0.5) is 5.69 Å². The summed E-state index contributed by atoms with van der Waals surface area (Å²) >= 11 is 0. The Bertz CT molecular complexity index is 555. The highest BCUT2D eigenvalue weighted by atomic mass is 16.5. The number of ether oxygens (including phenoxy) is 2. The maximum atomic E-state index is 5.78. The van der Waals surface area contributed by atoms with Crippen LogP contribution in [0.5, 0.6) is 11.5 Å². The zero-order chi connectivity index (χ0) is 15.1. The summed E-state index contributed by atoms with van der Waals surface area (Å²) in [5.74, 6) is 1.69. The molecule has 0 saturated carbocycles. The summed E-state index contributed by atoms with van der Waals surface area (Å²) in [7, 11) is 3.72. The minimum absolute atomic E-state index is 0.644. The minimum Gasteiger partial charge on any atom is -0.497 e. The molecule has 0 aliphatic heterocycles. The van der Waals surface area contributed by atoms with E-state index in [1.54, 1.807) is 7.11 Å². The minimum atomic E-state index is 0.644. The van der Waals surface area contributed by atoms with Crippen molar-refractivity contribution in [2.75, 3.05) is 33.0 Å². The van der Waals surface area contributed by atoms with Gasteiger partial charge in [0.05, 0.1) is 7.11 Å². The molecule has 4 heteroatoms. The number of hydrogen-bond donors (Lipinski definition) is 1. The van der Waals surface area contributed by atoms with E-state index in [1.165, 1.54) is 5.56 Å². The molecule has 0 unspecified atom stereocenters. The second-order valence-corrected chi connectivity index (χ2v) is 5.01. The first-order chi connectivity index (χ1) is 10.2. The van der Waals surface area contributed by atoms with E-state index in [9.17, 15) is 0 Å². The highest BCUT2D eigenvalue weighted by molar-refractivity contribution is 5.40. The Kier molecular flexibility index (Phi) is 5.46. The molecule has 0 saturated heterocycles. The van der Waals surface area contributed by atoms with E-state index in [4.69, 9.17) is 15.2 Å². The molecule has 2 N–H and O–H groups in total. The molecule has 2 rings (SSSR count). The lowest BCUT2D eigenvalue weighted by molar-refractivity contribution is 0.232. The van der Waals surface area contributed by atoms with Gasteiger partial charge in [0.2, 0.25) is 0 Å². The standard InChI is InChI=1S/C17H22N2O2/c1-19(13-14-4-3-5-15(18)12-14)10-11-21-17-8-6-16(20-2)7-9-17/h3-9,12H,10-11,13,18H2,1-2H3. The molecule has 0 atom stereocenters. The second kappa shape index (κ2) is 7.55. The van der Waals surface area contributed by atoms with Crippen LogP contribution < -0.4 is 15.2 Å². The summed E-state index contributed by atoms with van der Waals surface area (Å²) in [4.78, 5) is 2.21. The topological polar surface area (TPSA) is 47.7 Å². The van der Waals surface area contributed by atoms with Gasteiger partial charge in [-0.05, 0) is 49.0 Å². The Morgan fingerprint density at radius 3 is 2.43 bits per heavy atom. The fraction of sp³-hybridized carbons (Fsp3) is 0.294. The van der Waals surface area contributed by atoms with Crippen LogP contribution in [-0.2, 0) is 6.54 Å². The van der Waals surface area contributed by atoms with Crippen molar-refractivity contribution in [3.05, 3.63) is 54.1 Å². The number of benzene rings is 2. The van der Waals surface area contributed by atoms with Gasteiger partial charge in [0.1, 0.15) is 18.1 Å². The first-order valence-corrected chi connectivity index (χ1v) is 6.97. The van der Waals surface area contributed by atoms with E-state index >= 15 is 0 Å². The first-order valence-electron chi connectivity index (χ1n) is 6.97. The number of hydrogen-bond acceptors (Lipinski definition) is 4. The lowest BCUT2D eigenvalue weighted by Crippen LogP contribution is -2.23. The third-order valence-electron chi connectivity index (χ3n) is 3.20. The lowest BCUT2D eigenvalue weighted by Gasteiger charge is -2.17. The molecular weight excluding hydrogens is 264 g/mol. The van der Waals surface area contributed by atoms with Crippen LogP contribution in [0.1, 0.15) is 5.56 Å². The number of rotatable bonds is 7. The zero-order valence-corrected chi connectivity index (χ0v) is 12.6. The Labute approximate surface area is 126 Å². The average molecular weight is 286 g/mol. The van der Waals surface area contributed by atoms with Gasteiger partial charge < -0.3 is 15.2 Å². The van der Waals surface area contributed by atoms with Crippen molar-refractivity contribution in [2.24, 2.45) is 0 Å². The van der Waals surface area contributed by atoms with Gasteiger partial charge in [0.15, 0.2) is 0 Å². The molecule has 112 valence electrons. The third-order valence-corrected chi connectivity index (χ3v) is 3.20. The molecular formula is C17H22N2O2. The van der Waals surface area contributed by atoms with Crippen LogP contribution in [0.25, 0.3) is 0 Å². The van der Waals surface area contributed by atoms with Crippen molar-refractivity contribution >= 4 is 5.69 Å². The van der Waals surface area contributed by atoms with E-state index in [1.807, 2.05) is 42.5 Å². The zero-order valence-electron chi connectivity index (χ0n) is 12.6. The van der Waals surface area contributed by atoms with Crippen molar-refractivity contribution in [1.29, 1.82) is 0 Å². The van der Waals surface area contributed by atoms with E-state index in [-0.39, 0.29) is 0 Å². The molecule has 0 spiro atoms. The molecule has 0 radical (unpaired) electrons. The summed E-state index contributed by atoms with van der Waals surface area (Å²) in [5.41, 5.74) is 7.79. The van der Waals surface area contributed by atoms with E-state index < -0.39 is 0 Å². The predicted molar refractivity (Wildman–Crippen MR) is 85.7 cm³/mol. The highest BCUT2D eigenvalue weighted by Crippen LogP contribution is 2.17. The average Bonchev–Trinajstić information content (AvgIpc) is 2.48. The molecule has 21 heavy (non-hydrogen) atoms. The second-order valence-electron chi connectivity index (χ2n) is 5.01. The molecule has 0 aliphatic carbocycles. The van der Waals surface area contributed by atoms with Crippen LogP contribution in [-0.4, -0.2) is 32.2 Å². The number of nitrogen functional groups attached to an aromatic ring is 1. The smallest absolute Gasteiger partial charge is 0.119 e. The molecule has 2 aromatic rings. The molecule has 0 bridgehead atoms. The summed E-state index contributed by atoms with van der Waals surface area (Å²) < 4.78 is 10.8. The summed E-state index contributed by atoms with van der Waals surface area (Å²) in [6.07, 6.45) is 0. The van der Waals surface area contributed by atoms with Crippen molar-refractivity contribution < 1.29 is 9.47 Å². The van der Waals surface area contributed by atoms with E-state index in [2.05, 4.69) is 18.0 Å². The van der Waals surface area contributed by atoms with Crippen LogP contribution in [0.2, 0.25) is 0 Å². The van der Waals surface area contributed by atoms with Crippen LogP contribution in [0.15, 0.2) is 48.5 Å². The van der Waals surface area contributed by atoms with Gasteiger partial charge in [-0.25, -0.2) is 0 Å². The highest BCUT2D eigenvalue weighted by Gasteiger charge is 2.02. The van der Waals surface area contributed by atoms with Gasteiger partial charge in [-0.1, -0.05) is 12.1 Å². The number of likely N-dealkylation sites (N-methyl/N-ethyl adjacent to an activating group) is 1. The monoisotopic (exact) mass is 286 g/mol. The maximum absolute atomic E-state index is 5.78. The largest absolute Gasteiger partial charge is 0.497 e. The SMILES string of the molecule is COc1ccc(OCCN(C)Cc2cccc(N)c2)cc1. The van der Waals surface area contributed by atoms with Gasteiger partial charge in [-0.3, -0.25) is 4.90 Å².